The van der Waals surface area contributed by atoms with Crippen molar-refractivity contribution >= 4 is 33.2 Å². The lowest BCUT2D eigenvalue weighted by atomic mass is 9.93. The van der Waals surface area contributed by atoms with Gasteiger partial charge in [-0.2, -0.15) is 0 Å². The molecule has 0 saturated carbocycles. The number of aliphatic carboxylic acids is 1. The summed E-state index contributed by atoms with van der Waals surface area (Å²) < 4.78 is 1.10. The Morgan fingerprint density at radius 1 is 1.71 bits per heavy atom. The maximum absolute atomic E-state index is 11.5. The Morgan fingerprint density at radius 3 is 3.00 bits per heavy atom. The molecule has 1 aromatic rings. The van der Waals surface area contributed by atoms with Crippen LogP contribution in [0.1, 0.15) is 31.7 Å². The Bertz CT molecular complexity index is 420. The molecule has 2 heterocycles. The summed E-state index contributed by atoms with van der Waals surface area (Å²) in [6, 6.07) is 2.07. The Kier molecular flexibility index (Phi) is 3.90. The van der Waals surface area contributed by atoms with Crippen LogP contribution >= 0.6 is 27.3 Å². The molecule has 0 spiro atoms. The number of rotatable bonds is 4. The number of thiophene rings is 1. The van der Waals surface area contributed by atoms with E-state index < -0.39 is 11.5 Å². The Balaban J connectivity index is 2.17. The van der Waals surface area contributed by atoms with Gasteiger partial charge in [0.05, 0.1) is 3.79 Å². The molecule has 17 heavy (non-hydrogen) atoms. The van der Waals surface area contributed by atoms with E-state index in [1.54, 1.807) is 11.3 Å². The fourth-order valence-electron chi connectivity index (χ4n) is 2.61. The van der Waals surface area contributed by atoms with E-state index in [-0.39, 0.29) is 0 Å². The average molecular weight is 318 g/mol. The summed E-state index contributed by atoms with van der Waals surface area (Å²) in [6.07, 6.45) is 2.42. The van der Waals surface area contributed by atoms with E-state index in [2.05, 4.69) is 32.3 Å². The molecule has 1 unspecified atom stereocenters. The quantitative estimate of drug-likeness (QED) is 0.926. The van der Waals surface area contributed by atoms with E-state index in [1.807, 2.05) is 6.92 Å². The second-order valence-electron chi connectivity index (χ2n) is 4.47. The zero-order valence-electron chi connectivity index (χ0n) is 9.78. The number of likely N-dealkylation sites (tertiary alicyclic amines) is 1. The molecule has 2 rings (SSSR count). The standard InChI is InChI=1S/C12H16BrNO2S/c1-2-12(11(15)16)4-3-5-14(12)7-9-6-10(13)17-8-9/h6,8H,2-5,7H2,1H3,(H,15,16). The summed E-state index contributed by atoms with van der Waals surface area (Å²) in [5, 5.41) is 11.6. The topological polar surface area (TPSA) is 40.5 Å². The Hall–Kier alpha value is -0.390. The lowest BCUT2D eigenvalue weighted by Gasteiger charge is -2.33. The summed E-state index contributed by atoms with van der Waals surface area (Å²) in [7, 11) is 0. The number of hydrogen-bond donors (Lipinski definition) is 1. The van der Waals surface area contributed by atoms with Gasteiger partial charge >= 0.3 is 5.97 Å². The van der Waals surface area contributed by atoms with Crippen LogP contribution < -0.4 is 0 Å². The third-order valence-electron chi connectivity index (χ3n) is 3.60. The normalized spacial score (nSPS) is 25.3. The predicted molar refractivity (Wildman–Crippen MR) is 72.3 cm³/mol. The molecular weight excluding hydrogens is 302 g/mol. The van der Waals surface area contributed by atoms with Crippen LogP contribution in [0.5, 0.6) is 0 Å². The molecule has 1 fully saturated rings. The van der Waals surface area contributed by atoms with Crippen LogP contribution in [0, 0.1) is 0 Å². The number of hydrogen-bond acceptors (Lipinski definition) is 3. The van der Waals surface area contributed by atoms with Crippen molar-refractivity contribution in [1.82, 2.24) is 4.90 Å². The van der Waals surface area contributed by atoms with Crippen molar-refractivity contribution in [2.24, 2.45) is 0 Å². The van der Waals surface area contributed by atoms with Crippen LogP contribution in [0.3, 0.4) is 0 Å². The summed E-state index contributed by atoms with van der Waals surface area (Å²) >= 11 is 5.09. The van der Waals surface area contributed by atoms with Crippen molar-refractivity contribution < 1.29 is 9.90 Å². The summed E-state index contributed by atoms with van der Waals surface area (Å²) in [5.74, 6) is -0.674. The van der Waals surface area contributed by atoms with Crippen LogP contribution in [-0.4, -0.2) is 28.1 Å². The second-order valence-corrected chi connectivity index (χ2v) is 6.76. The molecule has 1 saturated heterocycles. The van der Waals surface area contributed by atoms with E-state index in [0.717, 1.165) is 29.7 Å². The van der Waals surface area contributed by atoms with Crippen molar-refractivity contribution in [2.75, 3.05) is 6.54 Å². The molecule has 1 N–H and O–H groups in total. The molecule has 0 aliphatic carbocycles. The maximum atomic E-state index is 11.5. The van der Waals surface area contributed by atoms with Gasteiger partial charge in [-0.25, -0.2) is 0 Å². The van der Waals surface area contributed by atoms with Crippen molar-refractivity contribution in [3.63, 3.8) is 0 Å². The van der Waals surface area contributed by atoms with Gasteiger partial charge in [0.15, 0.2) is 0 Å². The average Bonchev–Trinajstić information content (AvgIpc) is 2.86. The zero-order valence-corrected chi connectivity index (χ0v) is 12.2. The van der Waals surface area contributed by atoms with Crippen molar-refractivity contribution in [1.29, 1.82) is 0 Å². The first-order chi connectivity index (χ1) is 8.08. The fraction of sp³-hybridized carbons (Fsp3) is 0.583. The van der Waals surface area contributed by atoms with Gasteiger partial charge in [-0.15, -0.1) is 11.3 Å². The monoisotopic (exact) mass is 317 g/mol. The molecule has 1 aliphatic heterocycles. The number of halogens is 1. The fourth-order valence-corrected chi connectivity index (χ4v) is 3.81. The van der Waals surface area contributed by atoms with Gasteiger partial charge in [-0.1, -0.05) is 6.92 Å². The minimum Gasteiger partial charge on any atom is -0.480 e. The van der Waals surface area contributed by atoms with Crippen molar-refractivity contribution in [3.8, 4) is 0 Å². The molecule has 0 bridgehead atoms. The van der Waals surface area contributed by atoms with Crippen LogP contribution in [-0.2, 0) is 11.3 Å². The van der Waals surface area contributed by atoms with Gasteiger partial charge < -0.3 is 5.11 Å². The Labute approximate surface area is 114 Å². The number of carboxylic acids is 1. The van der Waals surface area contributed by atoms with E-state index in [4.69, 9.17) is 0 Å². The molecular formula is C12H16BrNO2S. The molecule has 1 atom stereocenters. The highest BCUT2D eigenvalue weighted by molar-refractivity contribution is 9.11. The van der Waals surface area contributed by atoms with Crippen LogP contribution in [0.15, 0.2) is 15.2 Å². The predicted octanol–water partition coefficient (Wildman–Crippen LogP) is 3.34. The van der Waals surface area contributed by atoms with Gasteiger partial charge in [0, 0.05) is 6.54 Å². The highest BCUT2D eigenvalue weighted by Gasteiger charge is 2.45. The first-order valence-electron chi connectivity index (χ1n) is 5.80. The smallest absolute Gasteiger partial charge is 0.324 e. The molecule has 0 amide bonds. The van der Waals surface area contributed by atoms with E-state index in [9.17, 15) is 9.90 Å². The van der Waals surface area contributed by atoms with Crippen molar-refractivity contribution in [3.05, 3.63) is 20.8 Å². The number of carbonyl (C=O) groups is 1. The third-order valence-corrected chi connectivity index (χ3v) is 5.16. The van der Waals surface area contributed by atoms with E-state index >= 15 is 0 Å². The third kappa shape index (κ3) is 2.41. The molecule has 94 valence electrons. The molecule has 5 heteroatoms. The highest BCUT2D eigenvalue weighted by atomic mass is 79.9. The first kappa shape index (κ1) is 13.1. The first-order valence-corrected chi connectivity index (χ1v) is 7.47. The summed E-state index contributed by atoms with van der Waals surface area (Å²) in [6.45, 7) is 3.59. The largest absolute Gasteiger partial charge is 0.480 e. The molecule has 0 aromatic carbocycles. The second kappa shape index (κ2) is 5.08. The maximum Gasteiger partial charge on any atom is 0.324 e. The lowest BCUT2D eigenvalue weighted by molar-refractivity contribution is -0.150. The summed E-state index contributed by atoms with van der Waals surface area (Å²) in [5.41, 5.74) is 0.553. The van der Waals surface area contributed by atoms with Gasteiger partial charge in [0.1, 0.15) is 5.54 Å². The van der Waals surface area contributed by atoms with E-state index in [0.29, 0.717) is 6.42 Å². The van der Waals surface area contributed by atoms with Gasteiger partial charge in [-0.05, 0) is 58.7 Å². The Morgan fingerprint density at radius 2 is 2.47 bits per heavy atom. The van der Waals surface area contributed by atoms with Crippen molar-refractivity contribution in [2.45, 2.75) is 38.3 Å². The van der Waals surface area contributed by atoms with Crippen LogP contribution in [0.25, 0.3) is 0 Å². The molecule has 3 nitrogen and oxygen atoms in total. The van der Waals surface area contributed by atoms with Crippen LogP contribution in [0.2, 0.25) is 0 Å². The SMILES string of the molecule is CCC1(C(=O)O)CCCN1Cc1csc(Br)c1. The van der Waals surface area contributed by atoms with Crippen LogP contribution in [0.4, 0.5) is 0 Å². The minimum atomic E-state index is -0.674. The highest BCUT2D eigenvalue weighted by Crippen LogP contribution is 2.35. The van der Waals surface area contributed by atoms with Gasteiger partial charge in [0.2, 0.25) is 0 Å². The number of carboxylic acid groups (broad SMARTS) is 1. The zero-order chi connectivity index (χ0) is 12.5. The number of nitrogens with zero attached hydrogens (tertiary/aromatic N) is 1. The lowest BCUT2D eigenvalue weighted by Crippen LogP contribution is -2.49. The molecule has 1 aromatic heterocycles. The van der Waals surface area contributed by atoms with Gasteiger partial charge in [-0.3, -0.25) is 9.69 Å². The molecule has 1 aliphatic rings. The minimum absolute atomic E-state index is 0.644. The molecule has 0 radical (unpaired) electrons. The van der Waals surface area contributed by atoms with E-state index in [1.165, 1.54) is 5.56 Å². The van der Waals surface area contributed by atoms with Gasteiger partial charge in [0.25, 0.3) is 0 Å². The summed E-state index contributed by atoms with van der Waals surface area (Å²) in [4.78, 5) is 13.6.